The highest BCUT2D eigenvalue weighted by Gasteiger charge is 2.45. The van der Waals surface area contributed by atoms with E-state index >= 15 is 0 Å². The van der Waals surface area contributed by atoms with E-state index < -0.39 is 35.1 Å². The molecule has 2 aliphatic rings. The molecule has 21 heavy (non-hydrogen) atoms. The second kappa shape index (κ2) is 4.31. The Morgan fingerprint density at radius 3 is 2.48 bits per heavy atom. The first-order chi connectivity index (χ1) is 9.91. The minimum Gasteiger partial charge on any atom is -0.511 e. The number of carbonyl (C=O) groups is 3. The van der Waals surface area contributed by atoms with Crippen LogP contribution in [0, 0.1) is 11.8 Å². The standard InChI is InChI=1S/C15H10O6/c16-9-3-1-2-7-11(9)14(19)12-8(13(7)18)4-6(15(20)21)5-10(12)17/h1-5,8,12,16-17H,(H,20,21)/t8-,12-/m0/s1. The van der Waals surface area contributed by atoms with E-state index in [-0.39, 0.29) is 22.4 Å². The Bertz CT molecular complexity index is 755. The molecule has 106 valence electrons. The molecule has 0 unspecified atom stereocenters. The van der Waals surface area contributed by atoms with Crippen LogP contribution in [0.3, 0.4) is 0 Å². The van der Waals surface area contributed by atoms with Gasteiger partial charge in [0.05, 0.1) is 23.0 Å². The fourth-order valence-electron chi connectivity index (χ4n) is 2.77. The number of hydrogen-bond donors (Lipinski definition) is 3. The van der Waals surface area contributed by atoms with Crippen LogP contribution in [-0.4, -0.2) is 32.9 Å². The fraction of sp³-hybridized carbons (Fsp3) is 0.133. The van der Waals surface area contributed by atoms with Crippen LogP contribution in [0.4, 0.5) is 0 Å². The van der Waals surface area contributed by atoms with E-state index in [1.54, 1.807) is 0 Å². The van der Waals surface area contributed by atoms with Crippen LogP contribution in [-0.2, 0) is 4.79 Å². The molecule has 0 heterocycles. The monoisotopic (exact) mass is 286 g/mol. The predicted octanol–water partition coefficient (Wildman–Crippen LogP) is 1.47. The third kappa shape index (κ3) is 1.76. The summed E-state index contributed by atoms with van der Waals surface area (Å²) in [5.41, 5.74) is -0.327. The lowest BCUT2D eigenvalue weighted by Gasteiger charge is -2.31. The van der Waals surface area contributed by atoms with Crippen LogP contribution >= 0.6 is 0 Å². The van der Waals surface area contributed by atoms with Gasteiger partial charge in [-0.05, 0) is 12.1 Å². The molecule has 2 aliphatic carbocycles. The van der Waals surface area contributed by atoms with Gasteiger partial charge < -0.3 is 15.3 Å². The summed E-state index contributed by atoms with van der Waals surface area (Å²) in [4.78, 5) is 35.8. The first-order valence-corrected chi connectivity index (χ1v) is 6.18. The van der Waals surface area contributed by atoms with Gasteiger partial charge in [0.1, 0.15) is 11.5 Å². The average Bonchev–Trinajstić information content (AvgIpc) is 2.43. The Labute approximate surface area is 118 Å². The average molecular weight is 286 g/mol. The highest BCUT2D eigenvalue weighted by Crippen LogP contribution is 2.40. The second-order valence-electron chi connectivity index (χ2n) is 4.93. The highest BCUT2D eigenvalue weighted by molar-refractivity contribution is 6.19. The van der Waals surface area contributed by atoms with Crippen molar-refractivity contribution in [3.63, 3.8) is 0 Å². The molecule has 0 aromatic heterocycles. The summed E-state index contributed by atoms with van der Waals surface area (Å²) in [6.45, 7) is 0. The van der Waals surface area contributed by atoms with Crippen LogP contribution in [0.1, 0.15) is 20.7 Å². The number of allylic oxidation sites excluding steroid dienone is 2. The summed E-state index contributed by atoms with van der Waals surface area (Å²) >= 11 is 0. The number of carboxylic acid groups (broad SMARTS) is 1. The summed E-state index contributed by atoms with van der Waals surface area (Å²) < 4.78 is 0. The normalized spacial score (nSPS) is 23.8. The van der Waals surface area contributed by atoms with Gasteiger partial charge in [-0.2, -0.15) is 0 Å². The summed E-state index contributed by atoms with van der Waals surface area (Å²) in [6.07, 6.45) is 2.12. The lowest BCUT2D eigenvalue weighted by Crippen LogP contribution is -2.38. The molecule has 0 fully saturated rings. The number of aliphatic hydroxyl groups excluding tert-OH is 1. The number of aliphatic hydroxyl groups is 1. The van der Waals surface area contributed by atoms with E-state index in [1.807, 2.05) is 0 Å². The molecular weight excluding hydrogens is 276 g/mol. The molecule has 0 saturated carbocycles. The number of rotatable bonds is 1. The molecule has 0 spiro atoms. The maximum Gasteiger partial charge on any atom is 0.335 e. The largest absolute Gasteiger partial charge is 0.511 e. The van der Waals surface area contributed by atoms with Crippen LogP contribution in [0.15, 0.2) is 41.7 Å². The zero-order valence-electron chi connectivity index (χ0n) is 10.6. The molecule has 1 aromatic carbocycles. The number of hydrogen-bond acceptors (Lipinski definition) is 5. The molecule has 6 heteroatoms. The second-order valence-corrected chi connectivity index (χ2v) is 4.93. The van der Waals surface area contributed by atoms with Crippen molar-refractivity contribution in [2.24, 2.45) is 11.8 Å². The van der Waals surface area contributed by atoms with Crippen molar-refractivity contribution in [3.8, 4) is 5.75 Å². The first kappa shape index (κ1) is 13.1. The number of benzene rings is 1. The van der Waals surface area contributed by atoms with Crippen LogP contribution in [0.5, 0.6) is 5.75 Å². The molecule has 2 atom stereocenters. The number of aromatic hydroxyl groups is 1. The number of Topliss-reactive ketones (excluding diaryl/α,β-unsaturated/α-hetero) is 2. The Morgan fingerprint density at radius 2 is 1.81 bits per heavy atom. The molecule has 0 radical (unpaired) electrons. The third-order valence-electron chi connectivity index (χ3n) is 3.73. The van der Waals surface area contributed by atoms with E-state index in [0.29, 0.717) is 0 Å². The number of phenolic OH excluding ortho intramolecular Hbond substituents is 1. The highest BCUT2D eigenvalue weighted by atomic mass is 16.4. The van der Waals surface area contributed by atoms with Gasteiger partial charge in [0, 0.05) is 5.56 Å². The molecule has 3 rings (SSSR count). The number of phenols is 1. The van der Waals surface area contributed by atoms with E-state index in [4.69, 9.17) is 5.11 Å². The summed E-state index contributed by atoms with van der Waals surface area (Å²) in [7, 11) is 0. The molecule has 0 aliphatic heterocycles. The number of carboxylic acids is 1. The van der Waals surface area contributed by atoms with Crippen molar-refractivity contribution in [3.05, 3.63) is 52.8 Å². The summed E-state index contributed by atoms with van der Waals surface area (Å²) in [5, 5.41) is 28.7. The molecule has 1 aromatic rings. The molecule has 0 saturated heterocycles. The van der Waals surface area contributed by atoms with Crippen LogP contribution in [0.2, 0.25) is 0 Å². The van der Waals surface area contributed by atoms with Gasteiger partial charge in [0.15, 0.2) is 11.6 Å². The van der Waals surface area contributed by atoms with E-state index in [0.717, 1.165) is 6.08 Å². The van der Waals surface area contributed by atoms with E-state index in [9.17, 15) is 24.6 Å². The minimum absolute atomic E-state index is 0.0388. The van der Waals surface area contributed by atoms with Gasteiger partial charge >= 0.3 is 5.97 Å². The van der Waals surface area contributed by atoms with Gasteiger partial charge in [0.2, 0.25) is 0 Å². The fourth-order valence-corrected chi connectivity index (χ4v) is 2.77. The third-order valence-corrected chi connectivity index (χ3v) is 3.73. The van der Waals surface area contributed by atoms with Crippen molar-refractivity contribution < 1.29 is 29.7 Å². The Balaban J connectivity index is 2.22. The lowest BCUT2D eigenvalue weighted by molar-refractivity contribution is -0.132. The molecule has 6 nitrogen and oxygen atoms in total. The van der Waals surface area contributed by atoms with Crippen molar-refractivity contribution in [2.75, 3.05) is 0 Å². The van der Waals surface area contributed by atoms with E-state index in [2.05, 4.69) is 0 Å². The Kier molecular flexibility index (Phi) is 2.69. The van der Waals surface area contributed by atoms with E-state index in [1.165, 1.54) is 24.3 Å². The first-order valence-electron chi connectivity index (χ1n) is 6.18. The van der Waals surface area contributed by atoms with Crippen molar-refractivity contribution in [1.29, 1.82) is 0 Å². The van der Waals surface area contributed by atoms with Crippen molar-refractivity contribution >= 4 is 17.5 Å². The Hall–Kier alpha value is -2.89. The Morgan fingerprint density at radius 1 is 1.10 bits per heavy atom. The van der Waals surface area contributed by atoms with Crippen molar-refractivity contribution in [1.82, 2.24) is 0 Å². The molecule has 0 amide bonds. The van der Waals surface area contributed by atoms with Gasteiger partial charge in [-0.25, -0.2) is 4.79 Å². The van der Waals surface area contributed by atoms with Gasteiger partial charge in [-0.3, -0.25) is 9.59 Å². The summed E-state index contributed by atoms with van der Waals surface area (Å²) in [6, 6.07) is 4.11. The molecule has 3 N–H and O–H groups in total. The maximum atomic E-state index is 12.4. The maximum absolute atomic E-state index is 12.4. The van der Waals surface area contributed by atoms with Crippen LogP contribution < -0.4 is 0 Å². The van der Waals surface area contributed by atoms with Gasteiger partial charge in [0.25, 0.3) is 0 Å². The SMILES string of the molecule is O=C(O)C1=C[C@@H]2C(=O)c3cccc(O)c3C(=O)[C@@H]2C(O)=C1. The number of aliphatic carboxylic acids is 1. The van der Waals surface area contributed by atoms with Gasteiger partial charge in [-0.1, -0.05) is 18.2 Å². The topological polar surface area (TPSA) is 112 Å². The molecule has 0 bridgehead atoms. The number of ketones is 2. The minimum atomic E-state index is -1.29. The number of fused-ring (bicyclic) bond motifs is 2. The smallest absolute Gasteiger partial charge is 0.335 e. The zero-order chi connectivity index (χ0) is 15.3. The molecular formula is C15H10O6. The van der Waals surface area contributed by atoms with Gasteiger partial charge in [-0.15, -0.1) is 0 Å². The lowest BCUT2D eigenvalue weighted by atomic mass is 9.70. The predicted molar refractivity (Wildman–Crippen MR) is 70.2 cm³/mol. The van der Waals surface area contributed by atoms with Crippen molar-refractivity contribution in [2.45, 2.75) is 0 Å². The summed E-state index contributed by atoms with van der Waals surface area (Å²) in [5.74, 6) is -5.44. The quantitative estimate of drug-likeness (QED) is 0.720. The van der Waals surface area contributed by atoms with Crippen LogP contribution in [0.25, 0.3) is 0 Å². The zero-order valence-corrected chi connectivity index (χ0v) is 10.6. The number of carbonyl (C=O) groups excluding carboxylic acids is 2.